The van der Waals surface area contributed by atoms with Crippen molar-refractivity contribution in [2.75, 3.05) is 56.4 Å². The lowest BCUT2D eigenvalue weighted by molar-refractivity contribution is -0.141. The number of likely N-dealkylation sites (tertiary alicyclic amines) is 1. The van der Waals surface area contributed by atoms with E-state index in [-0.39, 0.29) is 11.7 Å². The number of carbonyl (C=O) groups is 1. The van der Waals surface area contributed by atoms with Crippen LogP contribution in [-0.2, 0) is 4.79 Å². The van der Waals surface area contributed by atoms with E-state index < -0.39 is 5.60 Å². The molecule has 30 heavy (non-hydrogen) atoms. The lowest BCUT2D eigenvalue weighted by atomic mass is 9.86. The van der Waals surface area contributed by atoms with Crippen LogP contribution in [0, 0.1) is 11.7 Å². The van der Waals surface area contributed by atoms with Gasteiger partial charge < -0.3 is 20.6 Å². The van der Waals surface area contributed by atoms with E-state index in [2.05, 4.69) is 4.90 Å². The third-order valence-corrected chi connectivity index (χ3v) is 7.16. The van der Waals surface area contributed by atoms with Crippen LogP contribution in [0.25, 0.3) is 0 Å². The first kappa shape index (κ1) is 21.4. The van der Waals surface area contributed by atoms with Crippen LogP contribution in [0.4, 0.5) is 15.8 Å². The third-order valence-electron chi connectivity index (χ3n) is 7.16. The van der Waals surface area contributed by atoms with Crippen molar-refractivity contribution in [2.24, 2.45) is 5.92 Å². The molecule has 1 amide bonds. The van der Waals surface area contributed by atoms with E-state index in [9.17, 15) is 14.3 Å². The Morgan fingerprint density at radius 3 is 2.37 bits per heavy atom. The highest BCUT2D eigenvalue weighted by Crippen LogP contribution is 2.30. The van der Waals surface area contributed by atoms with Crippen molar-refractivity contribution in [3.8, 4) is 0 Å². The Morgan fingerprint density at radius 2 is 1.73 bits per heavy atom. The van der Waals surface area contributed by atoms with E-state index >= 15 is 0 Å². The number of anilines is 2. The smallest absolute Gasteiger partial charge is 0.225 e. The highest BCUT2D eigenvalue weighted by Gasteiger charge is 2.37. The number of aliphatic hydroxyl groups is 1. The van der Waals surface area contributed by atoms with Crippen LogP contribution in [0.2, 0.25) is 0 Å². The summed E-state index contributed by atoms with van der Waals surface area (Å²) in [5, 5.41) is 11.1. The molecule has 6 nitrogen and oxygen atoms in total. The second-order valence-corrected chi connectivity index (χ2v) is 9.36. The maximum Gasteiger partial charge on any atom is 0.225 e. The van der Waals surface area contributed by atoms with Crippen LogP contribution in [0.1, 0.15) is 44.9 Å². The average molecular weight is 419 g/mol. The molecule has 0 bridgehead atoms. The fourth-order valence-corrected chi connectivity index (χ4v) is 5.25. The molecular weight excluding hydrogens is 383 g/mol. The Kier molecular flexibility index (Phi) is 6.48. The van der Waals surface area contributed by atoms with E-state index in [1.165, 1.54) is 25.3 Å². The highest BCUT2D eigenvalue weighted by atomic mass is 19.1. The van der Waals surface area contributed by atoms with E-state index in [0.717, 1.165) is 39.0 Å². The molecule has 3 N–H and O–H groups in total. The second-order valence-electron chi connectivity index (χ2n) is 9.36. The molecule has 0 unspecified atom stereocenters. The molecule has 0 spiro atoms. The summed E-state index contributed by atoms with van der Waals surface area (Å²) in [5.74, 6) is 0.222. The summed E-state index contributed by atoms with van der Waals surface area (Å²) in [6.07, 6.45) is 6.91. The third kappa shape index (κ3) is 4.89. The zero-order valence-corrected chi connectivity index (χ0v) is 17.9. The average Bonchev–Trinajstić information content (AvgIpc) is 2.75. The predicted octanol–water partition coefficient (Wildman–Crippen LogP) is 2.46. The van der Waals surface area contributed by atoms with Gasteiger partial charge in [-0.3, -0.25) is 9.69 Å². The Hall–Kier alpha value is -1.86. The summed E-state index contributed by atoms with van der Waals surface area (Å²) in [6.45, 7) is 4.96. The Morgan fingerprint density at radius 1 is 1.07 bits per heavy atom. The van der Waals surface area contributed by atoms with Gasteiger partial charge in [0.2, 0.25) is 5.91 Å². The van der Waals surface area contributed by atoms with Crippen LogP contribution in [0.3, 0.4) is 0 Å². The van der Waals surface area contributed by atoms with E-state index in [4.69, 9.17) is 5.73 Å². The number of hydrogen-bond donors (Lipinski definition) is 2. The van der Waals surface area contributed by atoms with Gasteiger partial charge in [-0.05, 0) is 43.9 Å². The number of halogens is 1. The number of nitrogen functional groups attached to an aromatic ring is 1. The van der Waals surface area contributed by atoms with E-state index in [0.29, 0.717) is 49.8 Å². The zero-order valence-electron chi connectivity index (χ0n) is 17.9. The molecule has 1 aromatic carbocycles. The van der Waals surface area contributed by atoms with Crippen molar-refractivity contribution in [1.29, 1.82) is 0 Å². The Labute approximate surface area is 178 Å². The summed E-state index contributed by atoms with van der Waals surface area (Å²) >= 11 is 0. The SMILES string of the molecule is Nc1ccc(N2CCN(CC3(O)CCN(C(=O)C4CCCCC4)CC3)CC2)c(F)c1. The van der Waals surface area contributed by atoms with Gasteiger partial charge >= 0.3 is 0 Å². The largest absolute Gasteiger partial charge is 0.399 e. The molecule has 7 heteroatoms. The number of benzene rings is 1. The van der Waals surface area contributed by atoms with Gasteiger partial charge in [-0.15, -0.1) is 0 Å². The first-order chi connectivity index (χ1) is 14.4. The molecular formula is C23H35FN4O2. The zero-order chi connectivity index (χ0) is 21.1. The van der Waals surface area contributed by atoms with Gasteiger partial charge in [0.15, 0.2) is 0 Å². The molecule has 4 rings (SSSR count). The minimum absolute atomic E-state index is 0.201. The lowest BCUT2D eigenvalue weighted by Gasteiger charge is -2.44. The minimum Gasteiger partial charge on any atom is -0.399 e. The summed E-state index contributed by atoms with van der Waals surface area (Å²) in [7, 11) is 0. The van der Waals surface area contributed by atoms with Crippen molar-refractivity contribution in [3.05, 3.63) is 24.0 Å². The molecule has 166 valence electrons. The van der Waals surface area contributed by atoms with Gasteiger partial charge in [-0.2, -0.15) is 0 Å². The van der Waals surface area contributed by atoms with Gasteiger partial charge in [0.05, 0.1) is 11.3 Å². The number of carbonyl (C=O) groups excluding carboxylic acids is 1. The molecule has 1 aromatic rings. The molecule has 1 aliphatic carbocycles. The van der Waals surface area contributed by atoms with Gasteiger partial charge in [0.1, 0.15) is 5.82 Å². The van der Waals surface area contributed by atoms with Crippen molar-refractivity contribution in [1.82, 2.24) is 9.80 Å². The van der Waals surface area contributed by atoms with Crippen molar-refractivity contribution >= 4 is 17.3 Å². The fourth-order valence-electron chi connectivity index (χ4n) is 5.25. The van der Waals surface area contributed by atoms with Gasteiger partial charge in [-0.1, -0.05) is 19.3 Å². The number of nitrogens with two attached hydrogens (primary N) is 1. The van der Waals surface area contributed by atoms with Gasteiger partial charge in [0.25, 0.3) is 0 Å². The molecule has 0 aromatic heterocycles. The predicted molar refractivity (Wildman–Crippen MR) is 117 cm³/mol. The quantitative estimate of drug-likeness (QED) is 0.735. The lowest BCUT2D eigenvalue weighted by Crippen LogP contribution is -2.56. The Balaban J connectivity index is 1.25. The normalized spacial score (nSPS) is 23.5. The fraction of sp³-hybridized carbons (Fsp3) is 0.696. The van der Waals surface area contributed by atoms with Crippen LogP contribution < -0.4 is 10.6 Å². The summed E-state index contributed by atoms with van der Waals surface area (Å²) in [5.41, 5.74) is 5.94. The van der Waals surface area contributed by atoms with Crippen LogP contribution >= 0.6 is 0 Å². The number of hydrogen-bond acceptors (Lipinski definition) is 5. The molecule has 2 aliphatic heterocycles. The Bertz CT molecular complexity index is 737. The summed E-state index contributed by atoms with van der Waals surface area (Å²) in [6, 6.07) is 4.84. The van der Waals surface area contributed by atoms with Crippen LogP contribution in [0.15, 0.2) is 18.2 Å². The molecule has 1 saturated carbocycles. The highest BCUT2D eigenvalue weighted by molar-refractivity contribution is 5.79. The second kappa shape index (κ2) is 9.10. The standard InChI is InChI=1S/C23H35FN4O2/c24-20-16-19(25)6-7-21(20)27-14-12-26(13-15-27)17-23(30)8-10-28(11-9-23)22(29)18-4-2-1-3-5-18/h6-7,16,18,30H,1-5,8-15,17,25H2. The maximum atomic E-state index is 14.2. The van der Waals surface area contributed by atoms with Crippen molar-refractivity contribution in [2.45, 2.75) is 50.5 Å². The number of β-amino-alcohol motifs (C(OH)–C–C–N with tert-alkyl or cyclic N) is 1. The minimum atomic E-state index is -0.738. The van der Waals surface area contributed by atoms with E-state index in [1.807, 2.05) is 9.80 Å². The monoisotopic (exact) mass is 418 g/mol. The number of piperidine rings is 1. The van der Waals surface area contributed by atoms with Crippen molar-refractivity contribution < 1.29 is 14.3 Å². The molecule has 0 atom stereocenters. The molecule has 0 radical (unpaired) electrons. The summed E-state index contributed by atoms with van der Waals surface area (Å²) in [4.78, 5) is 19.1. The summed E-state index contributed by atoms with van der Waals surface area (Å²) < 4.78 is 14.2. The molecule has 3 aliphatic rings. The topological polar surface area (TPSA) is 73.0 Å². The number of piperazine rings is 1. The van der Waals surface area contributed by atoms with Gasteiger partial charge in [0, 0.05) is 57.4 Å². The maximum absolute atomic E-state index is 14.2. The van der Waals surface area contributed by atoms with Crippen molar-refractivity contribution in [3.63, 3.8) is 0 Å². The number of amides is 1. The van der Waals surface area contributed by atoms with Gasteiger partial charge in [-0.25, -0.2) is 4.39 Å². The first-order valence-electron chi connectivity index (χ1n) is 11.5. The molecule has 2 heterocycles. The molecule has 3 fully saturated rings. The number of nitrogens with zero attached hydrogens (tertiary/aromatic N) is 3. The molecule has 2 saturated heterocycles. The first-order valence-corrected chi connectivity index (χ1v) is 11.5. The van der Waals surface area contributed by atoms with Crippen LogP contribution in [-0.4, -0.2) is 72.2 Å². The van der Waals surface area contributed by atoms with Crippen LogP contribution in [0.5, 0.6) is 0 Å². The van der Waals surface area contributed by atoms with E-state index in [1.54, 1.807) is 12.1 Å². The number of rotatable bonds is 4.